The third-order valence-electron chi connectivity index (χ3n) is 5.90. The number of likely N-dealkylation sites (tertiary alicyclic amines) is 1. The van der Waals surface area contributed by atoms with E-state index in [0.29, 0.717) is 18.4 Å². The highest BCUT2D eigenvalue weighted by atomic mass is 19.4. The lowest BCUT2D eigenvalue weighted by molar-refractivity contribution is -0.193. The lowest BCUT2D eigenvalue weighted by Crippen LogP contribution is -2.43. The fraction of sp³-hybridized carbons (Fsp3) is 0.636. The molecule has 208 valence electrons. The Morgan fingerprint density at radius 2 is 1.62 bits per heavy atom. The van der Waals surface area contributed by atoms with E-state index < -0.39 is 24.3 Å². The number of carbonyl (C=O) groups is 3. The van der Waals surface area contributed by atoms with E-state index in [1.54, 1.807) is 0 Å². The summed E-state index contributed by atoms with van der Waals surface area (Å²) in [6.07, 6.45) is -4.82. The maximum atomic E-state index is 11.8. The first-order chi connectivity index (χ1) is 17.2. The van der Waals surface area contributed by atoms with Gasteiger partial charge < -0.3 is 20.3 Å². The van der Waals surface area contributed by atoms with Crippen molar-refractivity contribution in [1.29, 1.82) is 0 Å². The first kappa shape index (κ1) is 30.3. The molecule has 3 atom stereocenters. The Morgan fingerprint density at radius 3 is 2.11 bits per heavy atom. The van der Waals surface area contributed by atoms with Gasteiger partial charge in [-0.1, -0.05) is 6.07 Å². The zero-order chi connectivity index (χ0) is 27.8. The summed E-state index contributed by atoms with van der Waals surface area (Å²) in [5.41, 5.74) is 1.14. The van der Waals surface area contributed by atoms with Gasteiger partial charge in [-0.25, -0.2) is 9.59 Å². The average molecular weight is 543 g/mol. The van der Waals surface area contributed by atoms with Crippen LogP contribution in [0.25, 0.3) is 0 Å². The molecule has 3 fully saturated rings. The number of pyridine rings is 1. The van der Waals surface area contributed by atoms with Gasteiger partial charge in [0.05, 0.1) is 18.4 Å². The fourth-order valence-corrected chi connectivity index (χ4v) is 3.93. The summed E-state index contributed by atoms with van der Waals surface area (Å²) < 4.78 is 69.5. The van der Waals surface area contributed by atoms with E-state index in [4.69, 9.17) is 24.5 Å². The van der Waals surface area contributed by atoms with Gasteiger partial charge >= 0.3 is 24.3 Å². The van der Waals surface area contributed by atoms with Crippen LogP contribution in [-0.2, 0) is 25.7 Å². The Morgan fingerprint density at radius 1 is 1.03 bits per heavy atom. The molecule has 0 unspecified atom stereocenters. The van der Waals surface area contributed by atoms with E-state index in [0.717, 1.165) is 51.2 Å². The van der Waals surface area contributed by atoms with Crippen LogP contribution >= 0.6 is 0 Å². The van der Waals surface area contributed by atoms with Crippen LogP contribution in [0.3, 0.4) is 0 Å². The lowest BCUT2D eigenvalue weighted by atomic mass is 9.84. The number of carboxylic acids is 2. The van der Waals surface area contributed by atoms with E-state index >= 15 is 0 Å². The van der Waals surface area contributed by atoms with Gasteiger partial charge in [0, 0.05) is 37.7 Å². The maximum Gasteiger partial charge on any atom is 0.490 e. The second-order valence-corrected chi connectivity index (χ2v) is 8.77. The van der Waals surface area contributed by atoms with Gasteiger partial charge in [-0.15, -0.1) is 0 Å². The molecule has 1 amide bonds. The highest BCUT2D eigenvalue weighted by Crippen LogP contribution is 2.35. The van der Waals surface area contributed by atoms with Crippen LogP contribution in [0.2, 0.25) is 0 Å². The van der Waals surface area contributed by atoms with Crippen molar-refractivity contribution in [2.24, 2.45) is 17.8 Å². The Balaban J connectivity index is 0.000000286. The highest BCUT2D eigenvalue weighted by Gasteiger charge is 2.41. The minimum Gasteiger partial charge on any atom is -0.475 e. The summed E-state index contributed by atoms with van der Waals surface area (Å²) in [5, 5.41) is 17.3. The number of piperidine rings is 1. The second kappa shape index (κ2) is 13.0. The van der Waals surface area contributed by atoms with Gasteiger partial charge in [0.1, 0.15) is 0 Å². The topological polar surface area (TPSA) is 129 Å². The van der Waals surface area contributed by atoms with Gasteiger partial charge in [-0.05, 0) is 43.9 Å². The quantitative estimate of drug-likeness (QED) is 0.484. The highest BCUT2D eigenvalue weighted by molar-refractivity contribution is 5.80. The molecule has 15 heteroatoms. The van der Waals surface area contributed by atoms with Crippen LogP contribution in [0.1, 0.15) is 25.0 Å². The molecule has 0 aromatic carbocycles. The fourth-order valence-electron chi connectivity index (χ4n) is 3.93. The molecular weight excluding hydrogens is 516 g/mol. The second-order valence-electron chi connectivity index (χ2n) is 8.77. The van der Waals surface area contributed by atoms with Crippen molar-refractivity contribution < 1.29 is 55.7 Å². The zero-order valence-electron chi connectivity index (χ0n) is 19.5. The number of nitrogens with zero attached hydrogens (tertiary/aromatic N) is 2. The smallest absolute Gasteiger partial charge is 0.475 e. The van der Waals surface area contributed by atoms with E-state index in [-0.39, 0.29) is 17.9 Å². The van der Waals surface area contributed by atoms with Crippen molar-refractivity contribution in [3.05, 3.63) is 30.1 Å². The summed E-state index contributed by atoms with van der Waals surface area (Å²) >= 11 is 0. The summed E-state index contributed by atoms with van der Waals surface area (Å²) in [6.45, 7) is 4.61. The maximum absolute atomic E-state index is 11.8. The number of hydrogen-bond donors (Lipinski definition) is 3. The molecule has 3 heterocycles. The normalized spacial score (nSPS) is 23.5. The molecule has 1 saturated carbocycles. The van der Waals surface area contributed by atoms with Crippen LogP contribution in [0.15, 0.2) is 24.4 Å². The molecule has 9 nitrogen and oxygen atoms in total. The number of carbonyl (C=O) groups excluding carboxylic acids is 1. The molecule has 4 rings (SSSR count). The number of rotatable bonds is 5. The number of halogens is 6. The van der Waals surface area contributed by atoms with Gasteiger partial charge in [0.25, 0.3) is 0 Å². The molecule has 1 aromatic heterocycles. The molecule has 3 N–H and O–H groups in total. The van der Waals surface area contributed by atoms with E-state index in [1.165, 1.54) is 0 Å². The van der Waals surface area contributed by atoms with E-state index in [9.17, 15) is 31.1 Å². The van der Waals surface area contributed by atoms with E-state index in [2.05, 4.69) is 21.3 Å². The summed E-state index contributed by atoms with van der Waals surface area (Å²) in [6, 6.07) is 6.10. The van der Waals surface area contributed by atoms with Crippen molar-refractivity contribution in [2.75, 3.05) is 26.2 Å². The SMILES string of the molecule is O=C(NC[C@@H]1OC[C@@H]2CN(Cc3ccccn3)CC[C@@H]21)C1CC1.O=C(O)C(F)(F)F.O=C(O)C(F)(F)F. The van der Waals surface area contributed by atoms with Gasteiger partial charge in [-0.3, -0.25) is 14.7 Å². The van der Waals surface area contributed by atoms with Crippen molar-refractivity contribution in [2.45, 2.75) is 44.3 Å². The molecule has 0 radical (unpaired) electrons. The molecule has 0 bridgehead atoms. The van der Waals surface area contributed by atoms with Gasteiger partial charge in [0.2, 0.25) is 5.91 Å². The van der Waals surface area contributed by atoms with Crippen molar-refractivity contribution in [3.8, 4) is 0 Å². The standard InChI is InChI=1S/C18H25N3O2.2C2HF3O2/c22-18(13-4-5-13)20-9-17-16-6-8-21(10-14(16)12-23-17)11-15-3-1-2-7-19-15;2*3-2(4,5)1(6)7/h1-3,7,13-14,16-17H,4-6,8-12H2,(H,20,22);2*(H,6,7)/t14-,16-,17-;;/m0../s1. The molecule has 37 heavy (non-hydrogen) atoms. The average Bonchev–Trinajstić information content (AvgIpc) is 3.59. The predicted molar refractivity (Wildman–Crippen MR) is 114 cm³/mol. The molecule has 1 aromatic rings. The Bertz CT molecular complexity index is 886. The van der Waals surface area contributed by atoms with Crippen molar-refractivity contribution >= 4 is 17.8 Å². The number of hydrogen-bond acceptors (Lipinski definition) is 6. The third kappa shape index (κ3) is 10.5. The van der Waals surface area contributed by atoms with Gasteiger partial charge in [0.15, 0.2) is 0 Å². The van der Waals surface area contributed by atoms with Crippen molar-refractivity contribution in [1.82, 2.24) is 15.2 Å². The Hall–Kier alpha value is -2.94. The van der Waals surface area contributed by atoms with E-state index in [1.807, 2.05) is 18.3 Å². The monoisotopic (exact) mass is 543 g/mol. The van der Waals surface area contributed by atoms with Crippen LogP contribution < -0.4 is 5.32 Å². The largest absolute Gasteiger partial charge is 0.490 e. The molecule has 2 aliphatic heterocycles. The third-order valence-corrected chi connectivity index (χ3v) is 5.90. The summed E-state index contributed by atoms with van der Waals surface area (Å²) in [7, 11) is 0. The summed E-state index contributed by atoms with van der Waals surface area (Å²) in [5.74, 6) is -3.82. The zero-order valence-corrected chi connectivity index (χ0v) is 19.5. The molecular formula is C22H27F6N3O6. The number of nitrogens with one attached hydrogen (secondary N) is 1. The lowest BCUT2D eigenvalue weighted by Gasteiger charge is -2.35. The van der Waals surface area contributed by atoms with Crippen LogP contribution in [-0.4, -0.2) is 82.6 Å². The number of aliphatic carboxylic acids is 2. The number of amides is 1. The number of aromatic nitrogens is 1. The Labute approximate surface area is 207 Å². The molecule has 0 spiro atoms. The van der Waals surface area contributed by atoms with Crippen molar-refractivity contribution in [3.63, 3.8) is 0 Å². The number of carboxylic acid groups (broad SMARTS) is 2. The first-order valence-electron chi connectivity index (χ1n) is 11.3. The molecule has 3 aliphatic rings. The minimum atomic E-state index is -5.08. The first-order valence-corrected chi connectivity index (χ1v) is 11.3. The molecule has 2 saturated heterocycles. The number of ether oxygens (including phenoxy) is 1. The number of fused-ring (bicyclic) bond motifs is 1. The van der Waals surface area contributed by atoms with Crippen LogP contribution in [0.4, 0.5) is 26.3 Å². The van der Waals surface area contributed by atoms with Crippen LogP contribution in [0, 0.1) is 17.8 Å². The minimum absolute atomic E-state index is 0.208. The van der Waals surface area contributed by atoms with Crippen LogP contribution in [0.5, 0.6) is 0 Å². The Kier molecular flexibility index (Phi) is 10.7. The number of alkyl halides is 6. The summed E-state index contributed by atoms with van der Waals surface area (Å²) in [4.78, 5) is 36.5. The molecule has 1 aliphatic carbocycles. The predicted octanol–water partition coefficient (Wildman–Crippen LogP) is 2.71. The van der Waals surface area contributed by atoms with Gasteiger partial charge in [-0.2, -0.15) is 26.3 Å².